The van der Waals surface area contributed by atoms with Crippen LogP contribution in [0.5, 0.6) is 0 Å². The third-order valence-electron chi connectivity index (χ3n) is 5.54. The van der Waals surface area contributed by atoms with Crippen LogP contribution in [0.15, 0.2) is 10.5 Å². The Balaban J connectivity index is 0.00000243. The normalized spacial score (nSPS) is 21.1. The summed E-state index contributed by atoms with van der Waals surface area (Å²) in [4.78, 5) is 12.6. The SMILES string of the molecule is CN=C(NCc1scnc1C)NCC1(N2CCOCC2)CCCCC1.I. The van der Waals surface area contributed by atoms with Crippen LogP contribution in [0.1, 0.15) is 42.7 Å². The number of nitrogens with zero attached hydrogens (tertiary/aromatic N) is 3. The Kier molecular flexibility index (Phi) is 9.05. The molecule has 1 aliphatic carbocycles. The number of hydrogen-bond donors (Lipinski definition) is 2. The highest BCUT2D eigenvalue weighted by Gasteiger charge is 2.38. The smallest absolute Gasteiger partial charge is 0.191 e. The molecule has 2 heterocycles. The summed E-state index contributed by atoms with van der Waals surface area (Å²) in [5, 5.41) is 7.04. The molecule has 2 aliphatic rings. The minimum atomic E-state index is 0. The molecular formula is C18H32IN5OS. The minimum absolute atomic E-state index is 0. The molecule has 0 aromatic carbocycles. The van der Waals surface area contributed by atoms with Gasteiger partial charge in [0.15, 0.2) is 5.96 Å². The zero-order chi connectivity index (χ0) is 17.5. The number of thiazole rings is 1. The van der Waals surface area contributed by atoms with E-state index in [0.717, 1.165) is 51.0 Å². The fraction of sp³-hybridized carbons (Fsp3) is 0.778. The van der Waals surface area contributed by atoms with E-state index < -0.39 is 0 Å². The minimum Gasteiger partial charge on any atom is -0.379 e. The van der Waals surface area contributed by atoms with Crippen LogP contribution < -0.4 is 10.6 Å². The molecule has 26 heavy (non-hydrogen) atoms. The Hall–Kier alpha value is -0.450. The topological polar surface area (TPSA) is 61.8 Å². The highest BCUT2D eigenvalue weighted by Crippen LogP contribution is 2.33. The summed E-state index contributed by atoms with van der Waals surface area (Å²) in [6.45, 7) is 7.61. The fourth-order valence-electron chi connectivity index (χ4n) is 3.98. The molecule has 3 rings (SSSR count). The van der Waals surface area contributed by atoms with Crippen molar-refractivity contribution in [3.8, 4) is 0 Å². The molecule has 1 saturated heterocycles. The lowest BCUT2D eigenvalue weighted by Crippen LogP contribution is -2.60. The van der Waals surface area contributed by atoms with Gasteiger partial charge in [0.05, 0.1) is 31.0 Å². The Labute approximate surface area is 178 Å². The Bertz CT molecular complexity index is 568. The Morgan fingerprint density at radius 1 is 1.27 bits per heavy atom. The highest BCUT2D eigenvalue weighted by molar-refractivity contribution is 14.0. The summed E-state index contributed by atoms with van der Waals surface area (Å²) in [6.07, 6.45) is 6.55. The molecule has 1 aliphatic heterocycles. The quantitative estimate of drug-likeness (QED) is 0.376. The van der Waals surface area contributed by atoms with Crippen molar-refractivity contribution in [3.63, 3.8) is 0 Å². The molecule has 1 aromatic rings. The van der Waals surface area contributed by atoms with E-state index in [1.807, 2.05) is 12.6 Å². The third-order valence-corrected chi connectivity index (χ3v) is 6.47. The maximum atomic E-state index is 5.57. The van der Waals surface area contributed by atoms with Gasteiger partial charge in [-0.15, -0.1) is 35.3 Å². The molecule has 0 bridgehead atoms. The zero-order valence-electron chi connectivity index (χ0n) is 15.9. The molecule has 1 aromatic heterocycles. The van der Waals surface area contributed by atoms with Gasteiger partial charge in [-0.2, -0.15) is 0 Å². The number of halogens is 1. The van der Waals surface area contributed by atoms with E-state index in [1.54, 1.807) is 11.3 Å². The molecule has 148 valence electrons. The van der Waals surface area contributed by atoms with Gasteiger partial charge in [-0.05, 0) is 19.8 Å². The number of guanidine groups is 1. The standard InChI is InChI=1S/C18H31N5OS.HI/c1-15-16(25-14-22-15)12-20-17(19-2)21-13-18(6-4-3-5-7-18)23-8-10-24-11-9-23;/h14H,3-13H2,1-2H3,(H2,19,20,21);1H. The van der Waals surface area contributed by atoms with E-state index in [0.29, 0.717) is 0 Å². The summed E-state index contributed by atoms with van der Waals surface area (Å²) in [5.74, 6) is 0.881. The van der Waals surface area contributed by atoms with E-state index in [9.17, 15) is 0 Å². The molecular weight excluding hydrogens is 461 g/mol. The molecule has 2 fully saturated rings. The van der Waals surface area contributed by atoms with Crippen LogP contribution >= 0.6 is 35.3 Å². The molecule has 0 radical (unpaired) electrons. The number of ether oxygens (including phenoxy) is 1. The van der Waals surface area contributed by atoms with Gasteiger partial charge in [0, 0.05) is 37.1 Å². The number of rotatable bonds is 5. The van der Waals surface area contributed by atoms with E-state index in [-0.39, 0.29) is 29.5 Å². The second-order valence-electron chi connectivity index (χ2n) is 7.02. The first-order chi connectivity index (χ1) is 12.2. The van der Waals surface area contributed by atoms with Gasteiger partial charge in [0.25, 0.3) is 0 Å². The summed E-state index contributed by atoms with van der Waals surface area (Å²) >= 11 is 1.69. The summed E-state index contributed by atoms with van der Waals surface area (Å²) in [6, 6.07) is 0. The van der Waals surface area contributed by atoms with Crippen LogP contribution in [-0.2, 0) is 11.3 Å². The van der Waals surface area contributed by atoms with Crippen molar-refractivity contribution in [2.45, 2.75) is 51.1 Å². The Morgan fingerprint density at radius 3 is 2.62 bits per heavy atom. The van der Waals surface area contributed by atoms with Gasteiger partial charge >= 0.3 is 0 Å². The first-order valence-corrected chi connectivity index (χ1v) is 10.3. The van der Waals surface area contributed by atoms with Gasteiger partial charge in [-0.25, -0.2) is 4.98 Å². The molecule has 0 amide bonds. The molecule has 2 N–H and O–H groups in total. The molecule has 1 saturated carbocycles. The summed E-state index contributed by atoms with van der Waals surface area (Å²) < 4.78 is 5.57. The van der Waals surface area contributed by atoms with Gasteiger partial charge in [-0.1, -0.05) is 19.3 Å². The van der Waals surface area contributed by atoms with Crippen LogP contribution in [0.2, 0.25) is 0 Å². The maximum absolute atomic E-state index is 5.57. The van der Waals surface area contributed by atoms with Crippen molar-refractivity contribution in [1.82, 2.24) is 20.5 Å². The Morgan fingerprint density at radius 2 is 2.00 bits per heavy atom. The van der Waals surface area contributed by atoms with Crippen LogP contribution in [0, 0.1) is 6.92 Å². The summed E-state index contributed by atoms with van der Waals surface area (Å²) in [7, 11) is 1.84. The van der Waals surface area contributed by atoms with Crippen LogP contribution in [-0.4, -0.2) is 61.3 Å². The molecule has 8 heteroatoms. The van der Waals surface area contributed by atoms with E-state index >= 15 is 0 Å². The number of aromatic nitrogens is 1. The predicted molar refractivity (Wildman–Crippen MR) is 119 cm³/mol. The van der Waals surface area contributed by atoms with Gasteiger partial charge < -0.3 is 15.4 Å². The number of aryl methyl sites for hydroxylation is 1. The average molecular weight is 493 g/mol. The second kappa shape index (κ2) is 10.8. The predicted octanol–water partition coefficient (Wildman–Crippen LogP) is 2.77. The average Bonchev–Trinajstić information content (AvgIpc) is 3.08. The number of nitrogens with one attached hydrogen (secondary N) is 2. The third kappa shape index (κ3) is 5.53. The number of hydrogen-bond acceptors (Lipinski definition) is 5. The molecule has 0 atom stereocenters. The van der Waals surface area contributed by atoms with Crippen molar-refractivity contribution in [1.29, 1.82) is 0 Å². The molecule has 0 unspecified atom stereocenters. The van der Waals surface area contributed by atoms with Crippen LogP contribution in [0.3, 0.4) is 0 Å². The zero-order valence-corrected chi connectivity index (χ0v) is 19.1. The van der Waals surface area contributed by atoms with Crippen LogP contribution in [0.25, 0.3) is 0 Å². The van der Waals surface area contributed by atoms with Crippen molar-refractivity contribution in [2.24, 2.45) is 4.99 Å². The van der Waals surface area contributed by atoms with E-state index in [4.69, 9.17) is 4.74 Å². The number of aliphatic imine (C=N–C) groups is 1. The van der Waals surface area contributed by atoms with Gasteiger partial charge in [0.2, 0.25) is 0 Å². The van der Waals surface area contributed by atoms with Crippen LogP contribution in [0.4, 0.5) is 0 Å². The van der Waals surface area contributed by atoms with Gasteiger partial charge in [0.1, 0.15) is 0 Å². The maximum Gasteiger partial charge on any atom is 0.191 e. The fourth-order valence-corrected chi connectivity index (χ4v) is 4.70. The molecule has 6 nitrogen and oxygen atoms in total. The van der Waals surface area contributed by atoms with E-state index in [1.165, 1.54) is 37.0 Å². The highest BCUT2D eigenvalue weighted by atomic mass is 127. The van der Waals surface area contributed by atoms with Crippen molar-refractivity contribution in [2.75, 3.05) is 39.9 Å². The lowest BCUT2D eigenvalue weighted by atomic mass is 9.80. The second-order valence-corrected chi connectivity index (χ2v) is 7.96. The van der Waals surface area contributed by atoms with Crippen molar-refractivity contribution < 1.29 is 4.74 Å². The first kappa shape index (κ1) is 21.8. The summed E-state index contributed by atoms with van der Waals surface area (Å²) in [5.41, 5.74) is 3.25. The first-order valence-electron chi connectivity index (χ1n) is 9.40. The number of morpholine rings is 1. The largest absolute Gasteiger partial charge is 0.379 e. The molecule has 0 spiro atoms. The van der Waals surface area contributed by atoms with Crippen molar-refractivity contribution >= 4 is 41.3 Å². The lowest BCUT2D eigenvalue weighted by Gasteiger charge is -2.48. The van der Waals surface area contributed by atoms with Crippen molar-refractivity contribution in [3.05, 3.63) is 16.1 Å². The lowest BCUT2D eigenvalue weighted by molar-refractivity contribution is -0.0352. The van der Waals surface area contributed by atoms with Gasteiger partial charge in [-0.3, -0.25) is 9.89 Å². The van der Waals surface area contributed by atoms with E-state index in [2.05, 4.69) is 32.4 Å². The monoisotopic (exact) mass is 493 g/mol.